The first-order chi connectivity index (χ1) is 11.7. The summed E-state index contributed by atoms with van der Waals surface area (Å²) in [6, 6.07) is 7.31. The van der Waals surface area contributed by atoms with Crippen LogP contribution in [0.2, 0.25) is 0 Å². The molecule has 1 aromatic rings. The summed E-state index contributed by atoms with van der Waals surface area (Å²) in [5.41, 5.74) is 0.839. The van der Waals surface area contributed by atoms with Crippen LogP contribution in [0.25, 0.3) is 0 Å². The summed E-state index contributed by atoms with van der Waals surface area (Å²) >= 11 is 0. The molecule has 1 aromatic carbocycles. The predicted octanol–water partition coefficient (Wildman–Crippen LogP) is 3.03. The number of rotatable bonds is 6. The van der Waals surface area contributed by atoms with Crippen LogP contribution in [0.4, 0.5) is 5.69 Å². The summed E-state index contributed by atoms with van der Waals surface area (Å²) in [5, 5.41) is 16.0. The molecule has 0 saturated heterocycles. The van der Waals surface area contributed by atoms with Crippen molar-refractivity contribution in [2.24, 2.45) is 5.41 Å². The molecule has 1 aliphatic carbocycles. The van der Waals surface area contributed by atoms with Gasteiger partial charge in [0.25, 0.3) is 0 Å². The van der Waals surface area contributed by atoms with Crippen molar-refractivity contribution >= 4 is 17.5 Å². The molecular formula is C20H30N2O3. The largest absolute Gasteiger partial charge is 0.388 e. The molecule has 138 valence electrons. The lowest BCUT2D eigenvalue weighted by atomic mass is 9.92. The Balaban J connectivity index is 1.79. The van der Waals surface area contributed by atoms with Gasteiger partial charge in [0.15, 0.2) is 0 Å². The quantitative estimate of drug-likeness (QED) is 0.741. The number of hydrogen-bond acceptors (Lipinski definition) is 3. The first-order valence-corrected chi connectivity index (χ1v) is 9.03. The molecule has 0 radical (unpaired) electrons. The fourth-order valence-electron chi connectivity index (χ4n) is 3.11. The number of nitrogens with one attached hydrogen (secondary N) is 2. The lowest BCUT2D eigenvalue weighted by molar-refractivity contribution is -0.121. The van der Waals surface area contributed by atoms with E-state index in [2.05, 4.69) is 10.6 Å². The van der Waals surface area contributed by atoms with Crippen molar-refractivity contribution in [2.45, 2.75) is 64.9 Å². The van der Waals surface area contributed by atoms with E-state index in [9.17, 15) is 14.7 Å². The SMILES string of the molecule is CC(C)(C)CC(=O)Nc1ccc(CC(=O)NCC2(O)CCCC2)cc1. The highest BCUT2D eigenvalue weighted by Gasteiger charge is 2.31. The van der Waals surface area contributed by atoms with Crippen LogP contribution in [0.5, 0.6) is 0 Å². The van der Waals surface area contributed by atoms with Crippen molar-refractivity contribution in [2.75, 3.05) is 11.9 Å². The van der Waals surface area contributed by atoms with E-state index >= 15 is 0 Å². The molecule has 3 N–H and O–H groups in total. The number of carbonyl (C=O) groups is 2. The smallest absolute Gasteiger partial charge is 0.224 e. The van der Waals surface area contributed by atoms with Crippen molar-refractivity contribution in [3.63, 3.8) is 0 Å². The van der Waals surface area contributed by atoms with Gasteiger partial charge >= 0.3 is 0 Å². The minimum absolute atomic E-state index is 0.0113. The molecule has 2 amide bonds. The zero-order valence-electron chi connectivity index (χ0n) is 15.5. The first-order valence-electron chi connectivity index (χ1n) is 9.03. The Hall–Kier alpha value is -1.88. The minimum atomic E-state index is -0.725. The van der Waals surface area contributed by atoms with Crippen LogP contribution in [0.15, 0.2) is 24.3 Å². The number of hydrogen-bond donors (Lipinski definition) is 3. The Kier molecular flexibility index (Phi) is 6.22. The molecule has 5 heteroatoms. The van der Waals surface area contributed by atoms with Gasteiger partial charge in [-0.15, -0.1) is 0 Å². The molecule has 1 fully saturated rings. The van der Waals surface area contributed by atoms with E-state index in [1.165, 1.54) is 0 Å². The molecule has 0 bridgehead atoms. The summed E-state index contributed by atoms with van der Waals surface area (Å²) in [7, 11) is 0. The van der Waals surface area contributed by atoms with Crippen LogP contribution in [0, 0.1) is 5.41 Å². The van der Waals surface area contributed by atoms with E-state index < -0.39 is 5.60 Å². The highest BCUT2D eigenvalue weighted by molar-refractivity contribution is 5.91. The van der Waals surface area contributed by atoms with Crippen LogP contribution in [0.1, 0.15) is 58.4 Å². The summed E-state index contributed by atoms with van der Waals surface area (Å²) in [5.74, 6) is -0.104. The molecule has 0 aliphatic heterocycles. The number of amides is 2. The third kappa shape index (κ3) is 6.86. The lowest BCUT2D eigenvalue weighted by Crippen LogP contribution is -2.41. The number of carbonyl (C=O) groups excluding carboxylic acids is 2. The third-order valence-corrected chi connectivity index (χ3v) is 4.44. The maximum atomic E-state index is 12.0. The van der Waals surface area contributed by atoms with Gasteiger partial charge in [-0.1, -0.05) is 45.7 Å². The van der Waals surface area contributed by atoms with E-state index in [4.69, 9.17) is 0 Å². The minimum Gasteiger partial charge on any atom is -0.388 e. The zero-order chi connectivity index (χ0) is 18.5. The topological polar surface area (TPSA) is 78.4 Å². The molecule has 1 saturated carbocycles. The lowest BCUT2D eigenvalue weighted by Gasteiger charge is -2.22. The van der Waals surface area contributed by atoms with Crippen molar-refractivity contribution in [3.8, 4) is 0 Å². The highest BCUT2D eigenvalue weighted by Crippen LogP contribution is 2.28. The first kappa shape index (κ1) is 19.4. The average molecular weight is 346 g/mol. The molecular weight excluding hydrogens is 316 g/mol. The standard InChI is InChI=1S/C20H30N2O3/c1-19(2,3)13-18(24)22-16-8-6-15(7-9-16)12-17(23)21-14-20(25)10-4-5-11-20/h6-9,25H,4-5,10-14H2,1-3H3,(H,21,23)(H,22,24). The second-order valence-corrected chi connectivity index (χ2v) is 8.37. The Morgan fingerprint density at radius 1 is 1.08 bits per heavy atom. The van der Waals surface area contributed by atoms with Gasteiger partial charge in [0, 0.05) is 18.7 Å². The zero-order valence-corrected chi connectivity index (χ0v) is 15.5. The molecule has 0 atom stereocenters. The van der Waals surface area contributed by atoms with E-state index in [-0.39, 0.29) is 23.7 Å². The Labute approximate surface area is 150 Å². The second-order valence-electron chi connectivity index (χ2n) is 8.37. The van der Waals surface area contributed by atoms with E-state index in [1.807, 2.05) is 45.0 Å². The van der Waals surface area contributed by atoms with Crippen LogP contribution in [-0.4, -0.2) is 29.1 Å². The fourth-order valence-corrected chi connectivity index (χ4v) is 3.11. The Morgan fingerprint density at radius 2 is 1.68 bits per heavy atom. The molecule has 0 unspecified atom stereocenters. The van der Waals surface area contributed by atoms with Gasteiger partial charge in [-0.3, -0.25) is 9.59 Å². The number of benzene rings is 1. The van der Waals surface area contributed by atoms with E-state index in [0.717, 1.165) is 36.9 Å². The van der Waals surface area contributed by atoms with Gasteiger partial charge < -0.3 is 15.7 Å². The third-order valence-electron chi connectivity index (χ3n) is 4.44. The van der Waals surface area contributed by atoms with Gasteiger partial charge in [0.1, 0.15) is 0 Å². The van der Waals surface area contributed by atoms with Crippen LogP contribution in [0.3, 0.4) is 0 Å². The molecule has 1 aliphatic rings. The van der Waals surface area contributed by atoms with Crippen LogP contribution in [-0.2, 0) is 16.0 Å². The van der Waals surface area contributed by atoms with Gasteiger partial charge in [0.05, 0.1) is 12.0 Å². The van der Waals surface area contributed by atoms with Crippen molar-refractivity contribution in [3.05, 3.63) is 29.8 Å². The normalized spacial score (nSPS) is 16.5. The van der Waals surface area contributed by atoms with Crippen LogP contribution >= 0.6 is 0 Å². The van der Waals surface area contributed by atoms with E-state index in [0.29, 0.717) is 13.0 Å². The molecule has 25 heavy (non-hydrogen) atoms. The highest BCUT2D eigenvalue weighted by atomic mass is 16.3. The fraction of sp³-hybridized carbons (Fsp3) is 0.600. The van der Waals surface area contributed by atoms with Gasteiger partial charge in [0.2, 0.25) is 11.8 Å². The van der Waals surface area contributed by atoms with Crippen molar-refractivity contribution in [1.82, 2.24) is 5.32 Å². The maximum absolute atomic E-state index is 12.0. The summed E-state index contributed by atoms with van der Waals surface area (Å²) < 4.78 is 0. The average Bonchev–Trinajstić information content (AvgIpc) is 2.93. The van der Waals surface area contributed by atoms with Crippen LogP contribution < -0.4 is 10.6 Å². The maximum Gasteiger partial charge on any atom is 0.224 e. The Morgan fingerprint density at radius 3 is 2.24 bits per heavy atom. The van der Waals surface area contributed by atoms with Gasteiger partial charge in [-0.05, 0) is 36.0 Å². The molecule has 2 rings (SSSR count). The van der Waals surface area contributed by atoms with Gasteiger partial charge in [-0.25, -0.2) is 0 Å². The summed E-state index contributed by atoms with van der Waals surface area (Å²) in [4.78, 5) is 24.0. The summed E-state index contributed by atoms with van der Waals surface area (Å²) in [6.07, 6.45) is 4.29. The molecule has 0 aromatic heterocycles. The van der Waals surface area contributed by atoms with Gasteiger partial charge in [-0.2, -0.15) is 0 Å². The second kappa shape index (κ2) is 8.00. The molecule has 0 spiro atoms. The van der Waals surface area contributed by atoms with E-state index in [1.54, 1.807) is 0 Å². The number of aliphatic hydroxyl groups is 1. The monoisotopic (exact) mass is 346 g/mol. The molecule has 5 nitrogen and oxygen atoms in total. The summed E-state index contributed by atoms with van der Waals surface area (Å²) in [6.45, 7) is 6.40. The van der Waals surface area contributed by atoms with Crippen molar-refractivity contribution < 1.29 is 14.7 Å². The molecule has 0 heterocycles. The number of anilines is 1. The predicted molar refractivity (Wildman–Crippen MR) is 99.3 cm³/mol. The Bertz CT molecular complexity index is 596. The van der Waals surface area contributed by atoms with Crippen molar-refractivity contribution in [1.29, 1.82) is 0 Å².